The number of fused-ring (bicyclic) bond motifs is 1. The van der Waals surface area contributed by atoms with Gasteiger partial charge in [0, 0.05) is 45.0 Å². The van der Waals surface area contributed by atoms with Crippen LogP contribution in [0.25, 0.3) is 11.2 Å². The van der Waals surface area contributed by atoms with Crippen LogP contribution in [-0.4, -0.2) is 58.8 Å². The van der Waals surface area contributed by atoms with Gasteiger partial charge in [-0.1, -0.05) is 51.6 Å². The highest BCUT2D eigenvalue weighted by atomic mass is 16.5. The Balaban J connectivity index is 0.000000458. The Morgan fingerprint density at radius 2 is 1.79 bits per heavy atom. The number of nitrogens with zero attached hydrogens (tertiary/aromatic N) is 6. The molecule has 228 valence electrons. The van der Waals surface area contributed by atoms with E-state index in [0.717, 1.165) is 65.8 Å². The molecule has 8 heteroatoms. The second kappa shape index (κ2) is 13.1. The Hall–Kier alpha value is -3.65. The van der Waals surface area contributed by atoms with Crippen LogP contribution in [0.4, 0.5) is 11.8 Å². The van der Waals surface area contributed by atoms with Crippen molar-refractivity contribution in [2.45, 2.75) is 67.3 Å². The van der Waals surface area contributed by atoms with Gasteiger partial charge in [-0.25, -0.2) is 4.98 Å². The zero-order valence-electron chi connectivity index (χ0n) is 27.7. The molecule has 1 aliphatic rings. The lowest BCUT2D eigenvalue weighted by molar-refractivity contribution is 0.350. The van der Waals surface area contributed by atoms with Crippen LogP contribution in [-0.2, 0) is 7.05 Å². The lowest BCUT2D eigenvalue weighted by Crippen LogP contribution is -2.57. The molecule has 4 rings (SSSR count). The van der Waals surface area contributed by atoms with E-state index in [1.54, 1.807) is 7.11 Å². The Morgan fingerprint density at radius 3 is 2.33 bits per heavy atom. The lowest BCUT2D eigenvalue weighted by Gasteiger charge is -2.39. The van der Waals surface area contributed by atoms with Crippen LogP contribution in [0.1, 0.15) is 59.4 Å². The van der Waals surface area contributed by atoms with E-state index < -0.39 is 0 Å². The van der Waals surface area contributed by atoms with Crippen molar-refractivity contribution in [3.05, 3.63) is 71.7 Å². The molecule has 0 saturated carbocycles. The molecule has 1 aromatic carbocycles. The van der Waals surface area contributed by atoms with Crippen LogP contribution in [0.3, 0.4) is 0 Å². The topological polar surface area (TPSA) is 71.3 Å². The van der Waals surface area contributed by atoms with Crippen LogP contribution in [0, 0.1) is 19.3 Å². The first-order chi connectivity index (χ1) is 19.6. The monoisotopic (exact) mass is 573 g/mol. The molecule has 0 bridgehead atoms. The smallest absolute Gasteiger partial charge is 0.229 e. The summed E-state index contributed by atoms with van der Waals surface area (Å²) in [5, 5.41) is 3.56. The van der Waals surface area contributed by atoms with Crippen molar-refractivity contribution in [2.24, 2.45) is 12.5 Å². The molecule has 8 nitrogen and oxygen atoms in total. The minimum atomic E-state index is -0.00505. The van der Waals surface area contributed by atoms with Gasteiger partial charge in [-0.05, 0) is 75.8 Å². The van der Waals surface area contributed by atoms with Crippen molar-refractivity contribution in [1.29, 1.82) is 0 Å². The normalized spacial score (nSPS) is 15.2. The largest absolute Gasteiger partial charge is 0.497 e. The Bertz CT molecular complexity index is 1450. The van der Waals surface area contributed by atoms with Gasteiger partial charge in [-0.3, -0.25) is 0 Å². The van der Waals surface area contributed by atoms with E-state index in [0.29, 0.717) is 11.6 Å². The average molecular weight is 574 g/mol. The fourth-order valence-electron chi connectivity index (χ4n) is 4.76. The van der Waals surface area contributed by atoms with Gasteiger partial charge in [0.05, 0.1) is 7.11 Å². The number of rotatable bonds is 8. The Morgan fingerprint density at radius 1 is 1.14 bits per heavy atom. The number of anilines is 2. The molecule has 0 unspecified atom stereocenters. The fraction of sp³-hybridized carbons (Fsp3) is 0.500. The van der Waals surface area contributed by atoms with Gasteiger partial charge in [0.25, 0.3) is 0 Å². The summed E-state index contributed by atoms with van der Waals surface area (Å²) in [6.07, 6.45) is 3.16. The highest BCUT2D eigenvalue weighted by Crippen LogP contribution is 2.34. The molecule has 3 heterocycles. The number of likely N-dealkylation sites (N-methyl/N-ethyl adjacent to an activating group) is 1. The maximum Gasteiger partial charge on any atom is 0.229 e. The van der Waals surface area contributed by atoms with Crippen LogP contribution in [0.15, 0.2) is 60.3 Å². The first-order valence-electron chi connectivity index (χ1n) is 14.7. The summed E-state index contributed by atoms with van der Waals surface area (Å²) in [6, 6.07) is 7.96. The van der Waals surface area contributed by atoms with Crippen LogP contribution in [0.5, 0.6) is 5.75 Å². The highest BCUT2D eigenvalue weighted by molar-refractivity contribution is 5.87. The molecule has 0 aliphatic carbocycles. The molecule has 42 heavy (non-hydrogen) atoms. The van der Waals surface area contributed by atoms with E-state index in [-0.39, 0.29) is 11.0 Å². The summed E-state index contributed by atoms with van der Waals surface area (Å²) in [6.45, 7) is 28.4. The van der Waals surface area contributed by atoms with E-state index >= 15 is 0 Å². The third-order valence-electron chi connectivity index (χ3n) is 8.22. The van der Waals surface area contributed by atoms with E-state index in [4.69, 9.17) is 19.7 Å². The number of aryl methyl sites for hydroxylation is 3. The predicted molar refractivity (Wildman–Crippen MR) is 178 cm³/mol. The van der Waals surface area contributed by atoms with Crippen molar-refractivity contribution >= 4 is 22.9 Å². The van der Waals surface area contributed by atoms with Gasteiger partial charge in [0.15, 0.2) is 11.5 Å². The first kappa shape index (κ1) is 32.9. The van der Waals surface area contributed by atoms with Gasteiger partial charge in [-0.15, -0.1) is 0 Å². The van der Waals surface area contributed by atoms with Gasteiger partial charge >= 0.3 is 0 Å². The maximum absolute atomic E-state index is 5.10. The van der Waals surface area contributed by atoms with Gasteiger partial charge < -0.3 is 24.4 Å². The SMILES string of the molecule is C=C(C)/C(=C\C(=C)C(C)(C)CC)N(C)c1nc(N2CCNC(C)(C)C2)nc2nc(C)n(C)c12.COc1ccc(C)cc1. The molecular weight excluding hydrogens is 522 g/mol. The lowest BCUT2D eigenvalue weighted by atomic mass is 9.82. The number of hydrogen-bond donors (Lipinski definition) is 1. The molecule has 3 aromatic rings. The molecule has 1 fully saturated rings. The van der Waals surface area contributed by atoms with Gasteiger partial charge in [0.1, 0.15) is 17.1 Å². The molecule has 0 radical (unpaired) electrons. The number of ether oxygens (including phenoxy) is 1. The second-order valence-electron chi connectivity index (χ2n) is 12.6. The van der Waals surface area contributed by atoms with Crippen molar-refractivity contribution in [3.8, 4) is 5.75 Å². The van der Waals surface area contributed by atoms with E-state index in [1.807, 2.05) is 52.2 Å². The van der Waals surface area contributed by atoms with Crippen LogP contribution < -0.4 is 19.9 Å². The predicted octanol–water partition coefficient (Wildman–Crippen LogP) is 6.75. The van der Waals surface area contributed by atoms with E-state index in [2.05, 4.69) is 80.5 Å². The standard InChI is InChI=1S/C26H41N7.C8H10O/c1-12-25(6,7)18(4)15-20(17(2)3)32(11)23-21-22(28-19(5)31(21)10)29-24(30-23)33-14-13-27-26(8,9)16-33;1-7-3-5-8(9-2)6-4-7/h15,27H,2,4,12-14,16H2,1,3,5-11H3;3-6H,1-2H3/b20-15+;. The van der Waals surface area contributed by atoms with Crippen molar-refractivity contribution in [1.82, 2.24) is 24.8 Å². The quantitative estimate of drug-likeness (QED) is 0.299. The molecule has 2 aromatic heterocycles. The maximum atomic E-state index is 5.10. The number of nitrogens with one attached hydrogen (secondary N) is 1. The number of benzene rings is 1. The average Bonchev–Trinajstić information content (AvgIpc) is 3.23. The van der Waals surface area contributed by atoms with Gasteiger partial charge in [-0.2, -0.15) is 9.97 Å². The first-order valence-corrected chi connectivity index (χ1v) is 14.7. The number of methoxy groups -OCH3 is 1. The van der Waals surface area contributed by atoms with Crippen molar-refractivity contribution in [2.75, 3.05) is 43.6 Å². The second-order valence-corrected chi connectivity index (χ2v) is 12.6. The minimum absolute atomic E-state index is 0.00317. The number of piperazine rings is 1. The number of imidazole rings is 1. The summed E-state index contributed by atoms with van der Waals surface area (Å²) in [5.74, 6) is 3.36. The van der Waals surface area contributed by atoms with Crippen LogP contribution >= 0.6 is 0 Å². The van der Waals surface area contributed by atoms with Gasteiger partial charge in [0.2, 0.25) is 5.95 Å². The Kier molecular flexibility index (Phi) is 10.3. The minimum Gasteiger partial charge on any atom is -0.497 e. The third kappa shape index (κ3) is 7.59. The van der Waals surface area contributed by atoms with Crippen LogP contribution in [0.2, 0.25) is 0 Å². The molecule has 1 saturated heterocycles. The molecule has 1 N–H and O–H groups in total. The van der Waals surface area contributed by atoms with Crippen molar-refractivity contribution < 1.29 is 4.74 Å². The molecule has 0 spiro atoms. The molecular formula is C34H51N7O. The van der Waals surface area contributed by atoms with E-state index in [9.17, 15) is 0 Å². The number of hydrogen-bond acceptors (Lipinski definition) is 7. The summed E-state index contributed by atoms with van der Waals surface area (Å²) < 4.78 is 7.03. The molecule has 0 atom stereocenters. The zero-order valence-corrected chi connectivity index (χ0v) is 27.7. The summed E-state index contributed by atoms with van der Waals surface area (Å²) in [7, 11) is 5.73. The molecule has 1 aliphatic heterocycles. The zero-order chi connectivity index (χ0) is 31.4. The fourth-order valence-corrected chi connectivity index (χ4v) is 4.76. The summed E-state index contributed by atoms with van der Waals surface area (Å²) in [5.41, 5.74) is 5.92. The summed E-state index contributed by atoms with van der Waals surface area (Å²) >= 11 is 0. The highest BCUT2D eigenvalue weighted by Gasteiger charge is 2.29. The number of aromatic nitrogens is 4. The van der Waals surface area contributed by atoms with Crippen molar-refractivity contribution in [3.63, 3.8) is 0 Å². The third-order valence-corrected chi connectivity index (χ3v) is 8.22. The number of allylic oxidation sites excluding steroid dienone is 3. The molecule has 0 amide bonds. The summed E-state index contributed by atoms with van der Waals surface area (Å²) in [4.78, 5) is 19.1. The van der Waals surface area contributed by atoms with E-state index in [1.165, 1.54) is 5.56 Å². The Labute approximate surface area is 253 Å².